The van der Waals surface area contributed by atoms with E-state index in [9.17, 15) is 5.11 Å². The number of hydrogen-bond acceptors (Lipinski definition) is 3. The van der Waals surface area contributed by atoms with Crippen molar-refractivity contribution in [3.05, 3.63) is 35.9 Å². The molecule has 0 amide bonds. The molecular formula is C10H15IN2O. The van der Waals surface area contributed by atoms with Crippen LogP contribution in [0.3, 0.4) is 0 Å². The predicted octanol–water partition coefficient (Wildman–Crippen LogP) is 1.51. The number of rotatable bonds is 4. The Balaban J connectivity index is 2.94. The lowest BCUT2D eigenvalue weighted by atomic mass is 10.0. The first kappa shape index (κ1) is 11.9. The molecule has 0 aromatic heterocycles. The summed E-state index contributed by atoms with van der Waals surface area (Å²) in [4.78, 5) is 0. The minimum absolute atomic E-state index is 0.148. The lowest BCUT2D eigenvalue weighted by Crippen LogP contribution is -2.47. The number of benzene rings is 1. The van der Waals surface area contributed by atoms with Crippen molar-refractivity contribution in [3.8, 4) is 0 Å². The Morgan fingerprint density at radius 2 is 2.07 bits per heavy atom. The quantitative estimate of drug-likeness (QED) is 0.342. The van der Waals surface area contributed by atoms with Crippen molar-refractivity contribution in [2.45, 2.75) is 23.0 Å². The summed E-state index contributed by atoms with van der Waals surface area (Å²) in [5.74, 6) is 5.39. The minimum Gasteiger partial charge on any atom is -0.374 e. The van der Waals surface area contributed by atoms with Gasteiger partial charge in [-0.25, -0.2) is 0 Å². The van der Waals surface area contributed by atoms with Crippen molar-refractivity contribution in [1.82, 2.24) is 5.43 Å². The third-order valence-corrected chi connectivity index (χ3v) is 3.62. The van der Waals surface area contributed by atoms with Crippen molar-refractivity contribution >= 4 is 22.6 Å². The molecule has 0 saturated carbocycles. The molecule has 4 N–H and O–H groups in total. The van der Waals surface area contributed by atoms with E-state index in [0.29, 0.717) is 0 Å². The largest absolute Gasteiger partial charge is 0.374 e. The summed E-state index contributed by atoms with van der Waals surface area (Å²) >= 11 is 2.02. The molecule has 3 nitrogen and oxygen atoms in total. The smallest absolute Gasteiger partial charge is 0.157 e. The molecule has 0 aliphatic rings. The number of hydrogen-bond donors (Lipinski definition) is 3. The molecule has 2 atom stereocenters. The Bertz CT molecular complexity index is 273. The summed E-state index contributed by atoms with van der Waals surface area (Å²) in [7, 11) is 0. The van der Waals surface area contributed by atoms with E-state index in [2.05, 4.69) is 5.43 Å². The molecule has 1 aromatic rings. The van der Waals surface area contributed by atoms with E-state index in [1.54, 1.807) is 0 Å². The van der Waals surface area contributed by atoms with E-state index >= 15 is 0 Å². The second-order valence-electron chi connectivity index (χ2n) is 3.17. The van der Waals surface area contributed by atoms with E-state index < -0.39 is 3.61 Å². The standard InChI is InChI=1S/C10H15IN2O/c1-2-9(13-12)10(11,14)8-6-4-3-5-7-8/h3-7,9,13-14H,2,12H2,1H3. The van der Waals surface area contributed by atoms with Gasteiger partial charge in [0.15, 0.2) is 3.61 Å². The lowest BCUT2D eigenvalue weighted by molar-refractivity contribution is 0.107. The Hall–Kier alpha value is -0.170. The van der Waals surface area contributed by atoms with Gasteiger partial charge >= 0.3 is 0 Å². The van der Waals surface area contributed by atoms with Crippen LogP contribution in [0.4, 0.5) is 0 Å². The van der Waals surface area contributed by atoms with Gasteiger partial charge in [0, 0.05) is 0 Å². The third-order valence-electron chi connectivity index (χ3n) is 2.25. The van der Waals surface area contributed by atoms with Gasteiger partial charge < -0.3 is 5.11 Å². The van der Waals surface area contributed by atoms with Crippen molar-refractivity contribution < 1.29 is 5.11 Å². The Kier molecular flexibility index (Phi) is 4.31. The van der Waals surface area contributed by atoms with Crippen molar-refractivity contribution in [2.75, 3.05) is 0 Å². The van der Waals surface area contributed by atoms with Crippen LogP contribution in [0, 0.1) is 0 Å². The van der Waals surface area contributed by atoms with Crippen LogP contribution >= 0.6 is 22.6 Å². The maximum absolute atomic E-state index is 10.3. The maximum Gasteiger partial charge on any atom is 0.157 e. The molecule has 0 bridgehead atoms. The second kappa shape index (κ2) is 5.06. The number of alkyl halides is 1. The molecule has 0 fully saturated rings. The molecule has 0 saturated heterocycles. The zero-order chi connectivity index (χ0) is 10.6. The Morgan fingerprint density at radius 3 is 2.50 bits per heavy atom. The first-order valence-corrected chi connectivity index (χ1v) is 5.63. The molecule has 1 rings (SSSR count). The zero-order valence-electron chi connectivity index (χ0n) is 8.07. The molecule has 78 valence electrons. The van der Waals surface area contributed by atoms with Crippen LogP contribution in [0.5, 0.6) is 0 Å². The number of halogens is 1. The summed E-state index contributed by atoms with van der Waals surface area (Å²) < 4.78 is -0.956. The predicted molar refractivity (Wildman–Crippen MR) is 65.8 cm³/mol. The van der Waals surface area contributed by atoms with Crippen molar-refractivity contribution in [1.29, 1.82) is 0 Å². The highest BCUT2D eigenvalue weighted by molar-refractivity contribution is 14.1. The highest BCUT2D eigenvalue weighted by Gasteiger charge is 2.33. The normalized spacial score (nSPS) is 17.4. The number of aliphatic hydroxyl groups is 1. The molecule has 0 heterocycles. The van der Waals surface area contributed by atoms with Crippen LogP contribution in [0.25, 0.3) is 0 Å². The fourth-order valence-corrected chi connectivity index (χ4v) is 2.35. The topological polar surface area (TPSA) is 58.3 Å². The molecule has 4 heteroatoms. The second-order valence-corrected chi connectivity index (χ2v) is 4.81. The van der Waals surface area contributed by atoms with Gasteiger partial charge in [0.05, 0.1) is 6.04 Å². The molecular weight excluding hydrogens is 291 g/mol. The summed E-state index contributed by atoms with van der Waals surface area (Å²) in [6, 6.07) is 9.38. The zero-order valence-corrected chi connectivity index (χ0v) is 10.2. The summed E-state index contributed by atoms with van der Waals surface area (Å²) in [6.45, 7) is 1.98. The van der Waals surface area contributed by atoms with Gasteiger partial charge in [0.1, 0.15) is 0 Å². The third kappa shape index (κ3) is 2.44. The van der Waals surface area contributed by atoms with Crippen LogP contribution in [0.2, 0.25) is 0 Å². The first-order chi connectivity index (χ1) is 6.62. The SMILES string of the molecule is CCC(NN)C(O)(I)c1ccccc1. The lowest BCUT2D eigenvalue weighted by Gasteiger charge is -2.30. The van der Waals surface area contributed by atoms with Crippen molar-refractivity contribution in [3.63, 3.8) is 0 Å². The average molecular weight is 306 g/mol. The van der Waals surface area contributed by atoms with Crippen LogP contribution in [-0.2, 0) is 3.61 Å². The van der Waals surface area contributed by atoms with Gasteiger partial charge in [-0.05, 0) is 34.6 Å². The summed E-state index contributed by atoms with van der Waals surface area (Å²) in [6.07, 6.45) is 0.769. The Labute approximate surface area is 97.8 Å². The molecule has 0 spiro atoms. The van der Waals surface area contributed by atoms with E-state index in [0.717, 1.165) is 12.0 Å². The Morgan fingerprint density at radius 1 is 1.50 bits per heavy atom. The molecule has 2 unspecified atom stereocenters. The molecule has 0 radical (unpaired) electrons. The number of nitrogens with two attached hydrogens (primary N) is 1. The monoisotopic (exact) mass is 306 g/mol. The van der Waals surface area contributed by atoms with E-state index in [1.165, 1.54) is 0 Å². The molecule has 1 aromatic carbocycles. The highest BCUT2D eigenvalue weighted by Crippen LogP contribution is 2.33. The highest BCUT2D eigenvalue weighted by atomic mass is 127. The maximum atomic E-state index is 10.3. The van der Waals surface area contributed by atoms with Gasteiger partial charge in [0.25, 0.3) is 0 Å². The summed E-state index contributed by atoms with van der Waals surface area (Å²) in [5.41, 5.74) is 3.50. The fraction of sp³-hybridized carbons (Fsp3) is 0.400. The minimum atomic E-state index is -0.956. The molecule has 14 heavy (non-hydrogen) atoms. The fourth-order valence-electron chi connectivity index (χ4n) is 1.37. The van der Waals surface area contributed by atoms with Gasteiger partial charge in [-0.3, -0.25) is 11.3 Å². The number of hydrazine groups is 1. The summed E-state index contributed by atoms with van der Waals surface area (Å²) in [5, 5.41) is 10.3. The van der Waals surface area contributed by atoms with E-state index in [4.69, 9.17) is 5.84 Å². The molecule has 0 aliphatic heterocycles. The van der Waals surface area contributed by atoms with Gasteiger partial charge in [-0.2, -0.15) is 0 Å². The van der Waals surface area contributed by atoms with Gasteiger partial charge in [-0.1, -0.05) is 37.3 Å². The average Bonchev–Trinajstić information content (AvgIpc) is 2.20. The van der Waals surface area contributed by atoms with E-state index in [-0.39, 0.29) is 6.04 Å². The first-order valence-electron chi connectivity index (χ1n) is 4.55. The van der Waals surface area contributed by atoms with Crippen LogP contribution < -0.4 is 11.3 Å². The van der Waals surface area contributed by atoms with Crippen LogP contribution in [-0.4, -0.2) is 11.1 Å². The van der Waals surface area contributed by atoms with Crippen molar-refractivity contribution in [2.24, 2.45) is 5.84 Å². The van der Waals surface area contributed by atoms with Gasteiger partial charge in [0.2, 0.25) is 0 Å². The van der Waals surface area contributed by atoms with Crippen LogP contribution in [0.15, 0.2) is 30.3 Å². The van der Waals surface area contributed by atoms with E-state index in [1.807, 2.05) is 59.8 Å². The number of nitrogens with one attached hydrogen (secondary N) is 1. The molecule has 0 aliphatic carbocycles. The van der Waals surface area contributed by atoms with Gasteiger partial charge in [-0.15, -0.1) is 0 Å². The van der Waals surface area contributed by atoms with Crippen LogP contribution in [0.1, 0.15) is 18.9 Å².